The number of non-ortho nitro benzene ring substituents is 1. The molecule has 0 radical (unpaired) electrons. The summed E-state index contributed by atoms with van der Waals surface area (Å²) < 4.78 is 5.62. The third kappa shape index (κ3) is 4.17. The minimum Gasteiger partial charge on any atom is -0.451 e. The minimum absolute atomic E-state index is 0.0603. The van der Waals surface area contributed by atoms with Crippen LogP contribution >= 0.6 is 11.6 Å². The number of aromatic nitrogens is 3. The summed E-state index contributed by atoms with van der Waals surface area (Å²) in [6, 6.07) is 21.4. The Morgan fingerprint density at radius 3 is 2.55 bits per heavy atom. The van der Waals surface area contributed by atoms with E-state index in [1.807, 2.05) is 0 Å². The van der Waals surface area contributed by atoms with E-state index in [2.05, 4.69) is 15.5 Å². The predicted octanol–water partition coefficient (Wildman–Crippen LogP) is 5.49. The third-order valence-electron chi connectivity index (χ3n) is 4.87. The number of rotatable bonds is 5. The second-order valence-electron chi connectivity index (χ2n) is 7.09. The molecule has 2 aromatic heterocycles. The van der Waals surface area contributed by atoms with Gasteiger partial charge in [0.2, 0.25) is 0 Å². The van der Waals surface area contributed by atoms with Crippen molar-refractivity contribution in [3.05, 3.63) is 99.8 Å². The first-order valence-electron chi connectivity index (χ1n) is 9.75. The summed E-state index contributed by atoms with van der Waals surface area (Å²) in [5, 5.41) is 23.3. The second-order valence-corrected chi connectivity index (χ2v) is 7.53. The fraction of sp³-hybridized carbons (Fsp3) is 0. The summed E-state index contributed by atoms with van der Waals surface area (Å²) in [6.45, 7) is 0. The van der Waals surface area contributed by atoms with Crippen LogP contribution in [0.5, 0.6) is 0 Å². The summed E-state index contributed by atoms with van der Waals surface area (Å²) in [5.41, 5.74) is 2.97. The Labute approximate surface area is 191 Å². The standard InChI is InChI=1S/C23H14ClN5O4/c24-15-4-7-17(8-5-15)28-26-19-9-6-16(13-20(19)27-28)25-23(30)22-11-10-21(33-22)14-2-1-3-18(12-14)29(31)32/h1-13H,(H,25,30). The predicted molar refractivity (Wildman–Crippen MR) is 123 cm³/mol. The van der Waals surface area contributed by atoms with Gasteiger partial charge >= 0.3 is 0 Å². The fourth-order valence-corrected chi connectivity index (χ4v) is 3.39. The molecule has 5 aromatic rings. The lowest BCUT2D eigenvalue weighted by Crippen LogP contribution is -2.10. The maximum absolute atomic E-state index is 12.7. The van der Waals surface area contributed by atoms with Crippen molar-refractivity contribution >= 4 is 39.9 Å². The van der Waals surface area contributed by atoms with Crippen molar-refractivity contribution in [2.24, 2.45) is 0 Å². The van der Waals surface area contributed by atoms with Gasteiger partial charge in [0.25, 0.3) is 11.6 Å². The number of halogens is 1. The molecular formula is C23H14ClN5O4. The average molecular weight is 460 g/mol. The van der Waals surface area contributed by atoms with Crippen LogP contribution in [0.25, 0.3) is 28.0 Å². The highest BCUT2D eigenvalue weighted by Crippen LogP contribution is 2.26. The van der Waals surface area contributed by atoms with Gasteiger partial charge in [0.1, 0.15) is 16.8 Å². The second kappa shape index (κ2) is 8.21. The van der Waals surface area contributed by atoms with Crippen LogP contribution in [0.15, 0.2) is 83.3 Å². The van der Waals surface area contributed by atoms with E-state index in [-0.39, 0.29) is 11.4 Å². The average Bonchev–Trinajstić information content (AvgIpc) is 3.47. The largest absolute Gasteiger partial charge is 0.451 e. The molecule has 0 aliphatic rings. The van der Waals surface area contributed by atoms with Crippen molar-refractivity contribution in [3.8, 4) is 17.0 Å². The van der Waals surface area contributed by atoms with Crippen molar-refractivity contribution in [3.63, 3.8) is 0 Å². The highest BCUT2D eigenvalue weighted by Gasteiger charge is 2.15. The summed E-state index contributed by atoms with van der Waals surface area (Å²) in [4.78, 5) is 24.6. The molecule has 5 rings (SSSR count). The molecule has 0 atom stereocenters. The number of anilines is 1. The summed E-state index contributed by atoms with van der Waals surface area (Å²) >= 11 is 5.93. The highest BCUT2D eigenvalue weighted by atomic mass is 35.5. The van der Waals surface area contributed by atoms with Crippen molar-refractivity contribution in [1.29, 1.82) is 0 Å². The molecule has 0 saturated carbocycles. The van der Waals surface area contributed by atoms with Crippen LogP contribution < -0.4 is 5.32 Å². The smallest absolute Gasteiger partial charge is 0.291 e. The van der Waals surface area contributed by atoms with Gasteiger partial charge in [-0.1, -0.05) is 23.7 Å². The number of amides is 1. The minimum atomic E-state index is -0.487. The molecule has 1 N–H and O–H groups in total. The first kappa shape index (κ1) is 20.4. The number of carbonyl (C=O) groups is 1. The Kier molecular flexibility index (Phi) is 5.08. The molecule has 3 aromatic carbocycles. The van der Waals surface area contributed by atoms with Crippen molar-refractivity contribution in [2.45, 2.75) is 0 Å². The fourth-order valence-electron chi connectivity index (χ4n) is 3.26. The van der Waals surface area contributed by atoms with Gasteiger partial charge < -0.3 is 9.73 Å². The van der Waals surface area contributed by atoms with E-state index < -0.39 is 10.8 Å². The molecule has 0 bridgehead atoms. The molecule has 0 unspecified atom stereocenters. The van der Waals surface area contributed by atoms with Gasteiger partial charge in [0.05, 0.1) is 10.6 Å². The molecule has 0 saturated heterocycles. The summed E-state index contributed by atoms with van der Waals surface area (Å²) in [6.07, 6.45) is 0. The number of hydrogen-bond acceptors (Lipinski definition) is 6. The zero-order chi connectivity index (χ0) is 22.9. The zero-order valence-corrected chi connectivity index (χ0v) is 17.6. The molecule has 10 heteroatoms. The maximum atomic E-state index is 12.7. The molecule has 0 fully saturated rings. The maximum Gasteiger partial charge on any atom is 0.291 e. The van der Waals surface area contributed by atoms with Gasteiger partial charge in [-0.15, -0.1) is 10.2 Å². The van der Waals surface area contributed by atoms with Gasteiger partial charge in [-0.05, 0) is 54.6 Å². The van der Waals surface area contributed by atoms with Crippen LogP contribution in [-0.4, -0.2) is 25.8 Å². The van der Waals surface area contributed by atoms with Crippen LogP contribution in [0.3, 0.4) is 0 Å². The van der Waals surface area contributed by atoms with Crippen LogP contribution in [0.2, 0.25) is 5.02 Å². The van der Waals surface area contributed by atoms with Crippen molar-refractivity contribution < 1.29 is 14.1 Å². The van der Waals surface area contributed by atoms with E-state index >= 15 is 0 Å². The number of hydrogen-bond donors (Lipinski definition) is 1. The first-order valence-corrected chi connectivity index (χ1v) is 10.1. The lowest BCUT2D eigenvalue weighted by Gasteiger charge is -2.02. The van der Waals surface area contributed by atoms with Crippen LogP contribution in [0.4, 0.5) is 11.4 Å². The molecule has 33 heavy (non-hydrogen) atoms. The number of benzene rings is 3. The number of nitro groups is 1. The van der Waals surface area contributed by atoms with Gasteiger partial charge in [0, 0.05) is 28.4 Å². The zero-order valence-electron chi connectivity index (χ0n) is 16.8. The van der Waals surface area contributed by atoms with Gasteiger partial charge in [-0.3, -0.25) is 14.9 Å². The topological polar surface area (TPSA) is 116 Å². The quantitative estimate of drug-likeness (QED) is 0.274. The number of carbonyl (C=O) groups excluding carboxylic acids is 1. The third-order valence-corrected chi connectivity index (χ3v) is 5.12. The van der Waals surface area contributed by atoms with Crippen LogP contribution in [0, 0.1) is 10.1 Å². The Morgan fingerprint density at radius 1 is 0.970 bits per heavy atom. The number of nitro benzene ring substituents is 1. The van der Waals surface area contributed by atoms with Crippen LogP contribution in [-0.2, 0) is 0 Å². The SMILES string of the molecule is O=C(Nc1ccc2nn(-c3ccc(Cl)cc3)nc2c1)c1ccc(-c2cccc([N+](=O)[O-])c2)o1. The molecular weight excluding hydrogens is 446 g/mol. The molecule has 0 aliphatic carbocycles. The van der Waals surface area contributed by atoms with Crippen LogP contribution in [0.1, 0.15) is 10.6 Å². The number of furan rings is 1. The van der Waals surface area contributed by atoms with E-state index in [0.29, 0.717) is 33.1 Å². The monoisotopic (exact) mass is 459 g/mol. The highest BCUT2D eigenvalue weighted by molar-refractivity contribution is 6.30. The Morgan fingerprint density at radius 2 is 1.76 bits per heavy atom. The first-order chi connectivity index (χ1) is 16.0. The molecule has 0 aliphatic heterocycles. The van der Waals surface area contributed by atoms with E-state index in [1.165, 1.54) is 23.0 Å². The molecule has 2 heterocycles. The van der Waals surface area contributed by atoms with E-state index in [0.717, 1.165) is 5.69 Å². The van der Waals surface area contributed by atoms with Gasteiger partial charge in [0.15, 0.2) is 5.76 Å². The van der Waals surface area contributed by atoms with E-state index in [4.69, 9.17) is 16.0 Å². The van der Waals surface area contributed by atoms with E-state index in [1.54, 1.807) is 60.7 Å². The summed E-state index contributed by atoms with van der Waals surface area (Å²) in [5.74, 6) is -0.0391. The van der Waals surface area contributed by atoms with Gasteiger partial charge in [-0.25, -0.2) is 0 Å². The Bertz CT molecular complexity index is 1510. The van der Waals surface area contributed by atoms with E-state index in [9.17, 15) is 14.9 Å². The lowest BCUT2D eigenvalue weighted by molar-refractivity contribution is -0.384. The van der Waals surface area contributed by atoms with Crippen molar-refractivity contribution in [2.75, 3.05) is 5.32 Å². The number of nitrogens with one attached hydrogen (secondary N) is 1. The lowest BCUT2D eigenvalue weighted by atomic mass is 10.1. The number of fused-ring (bicyclic) bond motifs is 1. The molecule has 1 amide bonds. The molecule has 9 nitrogen and oxygen atoms in total. The number of nitrogens with zero attached hydrogens (tertiary/aromatic N) is 4. The Hall–Kier alpha value is -4.50. The molecule has 162 valence electrons. The Balaban J connectivity index is 1.35. The van der Waals surface area contributed by atoms with Crippen molar-refractivity contribution in [1.82, 2.24) is 15.0 Å². The van der Waals surface area contributed by atoms with Gasteiger partial charge in [-0.2, -0.15) is 4.80 Å². The normalized spacial score (nSPS) is 10.9. The summed E-state index contributed by atoms with van der Waals surface area (Å²) in [7, 11) is 0. The molecule has 0 spiro atoms.